The Bertz CT molecular complexity index is 874. The maximum atomic E-state index is 12.6. The number of benzene rings is 1. The summed E-state index contributed by atoms with van der Waals surface area (Å²) in [5.41, 5.74) is 1.57. The summed E-state index contributed by atoms with van der Waals surface area (Å²) in [5, 5.41) is 4.24. The summed E-state index contributed by atoms with van der Waals surface area (Å²) in [6.07, 6.45) is 0.699. The molecule has 2 atom stereocenters. The van der Waals surface area contributed by atoms with Crippen molar-refractivity contribution in [1.29, 1.82) is 0 Å². The van der Waals surface area contributed by atoms with Crippen molar-refractivity contribution in [2.45, 2.75) is 45.7 Å². The van der Waals surface area contributed by atoms with Crippen molar-refractivity contribution < 1.29 is 13.9 Å². The number of hydrogen-bond donors (Lipinski definition) is 1. The van der Waals surface area contributed by atoms with Gasteiger partial charge in [0.25, 0.3) is 0 Å². The molecule has 0 spiro atoms. The topological polar surface area (TPSA) is 71.8 Å². The quantitative estimate of drug-likeness (QED) is 0.849. The highest BCUT2D eigenvalue weighted by molar-refractivity contribution is 5.83. The van der Waals surface area contributed by atoms with Gasteiger partial charge in [0.2, 0.25) is 5.91 Å². The fourth-order valence-electron chi connectivity index (χ4n) is 3.57. The zero-order valence-corrected chi connectivity index (χ0v) is 15.8. The van der Waals surface area contributed by atoms with E-state index in [1.54, 1.807) is 13.2 Å². The van der Waals surface area contributed by atoms with Gasteiger partial charge in [-0.3, -0.25) is 4.79 Å². The Morgan fingerprint density at radius 3 is 2.88 bits per heavy atom. The van der Waals surface area contributed by atoms with Gasteiger partial charge in [-0.05, 0) is 44.9 Å². The summed E-state index contributed by atoms with van der Waals surface area (Å²) in [6.45, 7) is 7.55. The SMILES string of the molecule is COc1ccc2c(C)c(CCC(=O)N3CCNC(C)C3C)c(=O)oc2c1. The van der Waals surface area contributed by atoms with Crippen molar-refractivity contribution in [2.24, 2.45) is 0 Å². The molecule has 140 valence electrons. The minimum Gasteiger partial charge on any atom is -0.497 e. The van der Waals surface area contributed by atoms with Crippen molar-refractivity contribution in [3.05, 3.63) is 39.7 Å². The zero-order chi connectivity index (χ0) is 18.8. The number of aryl methyl sites for hydroxylation is 1. The molecule has 0 bridgehead atoms. The fraction of sp³-hybridized carbons (Fsp3) is 0.500. The molecule has 0 radical (unpaired) electrons. The number of methoxy groups -OCH3 is 1. The monoisotopic (exact) mass is 358 g/mol. The lowest BCUT2D eigenvalue weighted by Crippen LogP contribution is -2.57. The second-order valence-electron chi connectivity index (χ2n) is 6.93. The van der Waals surface area contributed by atoms with Gasteiger partial charge in [-0.1, -0.05) is 0 Å². The minimum atomic E-state index is -0.377. The maximum Gasteiger partial charge on any atom is 0.339 e. The van der Waals surface area contributed by atoms with Gasteiger partial charge in [0.05, 0.1) is 7.11 Å². The Morgan fingerprint density at radius 2 is 2.15 bits per heavy atom. The van der Waals surface area contributed by atoms with Crippen LogP contribution >= 0.6 is 0 Å². The van der Waals surface area contributed by atoms with Crippen molar-refractivity contribution in [1.82, 2.24) is 10.2 Å². The van der Waals surface area contributed by atoms with E-state index in [0.29, 0.717) is 36.3 Å². The number of rotatable bonds is 4. The van der Waals surface area contributed by atoms with Gasteiger partial charge in [-0.15, -0.1) is 0 Å². The van der Waals surface area contributed by atoms with Crippen LogP contribution in [0, 0.1) is 6.92 Å². The second-order valence-corrected chi connectivity index (χ2v) is 6.93. The van der Waals surface area contributed by atoms with Crippen LogP contribution in [0.4, 0.5) is 0 Å². The first-order valence-electron chi connectivity index (χ1n) is 9.05. The first-order valence-corrected chi connectivity index (χ1v) is 9.05. The predicted molar refractivity (Wildman–Crippen MR) is 101 cm³/mol. The Labute approximate surface area is 153 Å². The normalized spacial score (nSPS) is 20.4. The Kier molecular flexibility index (Phi) is 5.32. The molecule has 0 saturated carbocycles. The lowest BCUT2D eigenvalue weighted by Gasteiger charge is -2.38. The molecule has 6 heteroatoms. The molecule has 2 aromatic rings. The lowest BCUT2D eigenvalue weighted by atomic mass is 10.0. The van der Waals surface area contributed by atoms with Crippen molar-refractivity contribution in [2.75, 3.05) is 20.2 Å². The van der Waals surface area contributed by atoms with Crippen LogP contribution in [0.25, 0.3) is 11.0 Å². The molecule has 1 saturated heterocycles. The van der Waals surface area contributed by atoms with E-state index in [4.69, 9.17) is 9.15 Å². The molecule has 3 rings (SSSR count). The van der Waals surface area contributed by atoms with E-state index < -0.39 is 0 Å². The standard InChI is InChI=1S/C20H26N2O4/c1-12-16-6-5-15(25-4)11-18(16)26-20(24)17(12)7-8-19(23)22-10-9-21-13(2)14(22)3/h5-6,11,13-14,21H,7-10H2,1-4H3. The molecule has 1 aromatic carbocycles. The molecule has 26 heavy (non-hydrogen) atoms. The molecule has 0 aliphatic carbocycles. The summed E-state index contributed by atoms with van der Waals surface area (Å²) >= 11 is 0. The summed E-state index contributed by atoms with van der Waals surface area (Å²) in [4.78, 5) is 27.0. The summed E-state index contributed by atoms with van der Waals surface area (Å²) < 4.78 is 10.6. The zero-order valence-electron chi connectivity index (χ0n) is 15.8. The number of hydrogen-bond acceptors (Lipinski definition) is 5. The molecule has 1 aliphatic rings. The number of piperazine rings is 1. The van der Waals surface area contributed by atoms with E-state index in [-0.39, 0.29) is 23.6 Å². The molecule has 1 aromatic heterocycles. The number of nitrogens with one attached hydrogen (secondary N) is 1. The first-order chi connectivity index (χ1) is 12.4. The molecular formula is C20H26N2O4. The second kappa shape index (κ2) is 7.50. The molecule has 2 unspecified atom stereocenters. The molecule has 1 aliphatic heterocycles. The van der Waals surface area contributed by atoms with Gasteiger partial charge >= 0.3 is 5.63 Å². The third kappa shape index (κ3) is 3.46. The highest BCUT2D eigenvalue weighted by Crippen LogP contribution is 2.24. The highest BCUT2D eigenvalue weighted by Gasteiger charge is 2.28. The van der Waals surface area contributed by atoms with Crippen molar-refractivity contribution >= 4 is 16.9 Å². The molecule has 1 N–H and O–H groups in total. The average Bonchev–Trinajstić information content (AvgIpc) is 2.63. The lowest BCUT2D eigenvalue weighted by molar-refractivity contribution is -0.134. The summed E-state index contributed by atoms with van der Waals surface area (Å²) in [6, 6.07) is 5.86. The van der Waals surface area contributed by atoms with Gasteiger partial charge in [0.1, 0.15) is 11.3 Å². The van der Waals surface area contributed by atoms with E-state index in [1.165, 1.54) is 0 Å². The number of fused-ring (bicyclic) bond motifs is 1. The Balaban J connectivity index is 1.80. The minimum absolute atomic E-state index is 0.0828. The number of carbonyl (C=O) groups is 1. The van der Waals surface area contributed by atoms with Crippen LogP contribution in [0.1, 0.15) is 31.4 Å². The Morgan fingerprint density at radius 1 is 1.38 bits per heavy atom. The van der Waals surface area contributed by atoms with Gasteiger partial charge in [-0.25, -0.2) is 4.79 Å². The number of amides is 1. The van der Waals surface area contributed by atoms with Crippen molar-refractivity contribution in [3.8, 4) is 5.75 Å². The van der Waals surface area contributed by atoms with Crippen molar-refractivity contribution in [3.63, 3.8) is 0 Å². The Hall–Kier alpha value is -2.34. The number of carbonyl (C=O) groups excluding carboxylic acids is 1. The van der Waals surface area contributed by atoms with Crippen LogP contribution in [-0.2, 0) is 11.2 Å². The third-order valence-electron chi connectivity index (χ3n) is 5.44. The summed E-state index contributed by atoms with van der Waals surface area (Å²) in [5.74, 6) is 0.726. The van der Waals surface area contributed by atoms with Gasteiger partial charge < -0.3 is 19.4 Å². The third-order valence-corrected chi connectivity index (χ3v) is 5.44. The van der Waals surface area contributed by atoms with E-state index in [9.17, 15) is 9.59 Å². The van der Waals surface area contributed by atoms with Crippen LogP contribution < -0.4 is 15.7 Å². The van der Waals surface area contributed by atoms with E-state index >= 15 is 0 Å². The number of ether oxygens (including phenoxy) is 1. The molecular weight excluding hydrogens is 332 g/mol. The maximum absolute atomic E-state index is 12.6. The largest absolute Gasteiger partial charge is 0.497 e. The smallest absolute Gasteiger partial charge is 0.339 e. The molecule has 2 heterocycles. The predicted octanol–water partition coefficient (Wildman–Crippen LogP) is 2.25. The molecule has 6 nitrogen and oxygen atoms in total. The average molecular weight is 358 g/mol. The van der Waals surface area contributed by atoms with Gasteiger partial charge in [0.15, 0.2) is 0 Å². The first kappa shape index (κ1) is 18.5. The molecule has 1 fully saturated rings. The van der Waals surface area contributed by atoms with Crippen LogP contribution in [-0.4, -0.2) is 43.1 Å². The number of nitrogens with zero attached hydrogens (tertiary/aromatic N) is 1. The summed E-state index contributed by atoms with van der Waals surface area (Å²) in [7, 11) is 1.57. The van der Waals surface area contributed by atoms with E-state index in [0.717, 1.165) is 17.5 Å². The van der Waals surface area contributed by atoms with Crippen LogP contribution in [0.15, 0.2) is 27.4 Å². The van der Waals surface area contributed by atoms with Crippen LogP contribution in [0.3, 0.4) is 0 Å². The van der Waals surface area contributed by atoms with Gasteiger partial charge in [0, 0.05) is 48.6 Å². The van der Waals surface area contributed by atoms with Crippen LogP contribution in [0.5, 0.6) is 5.75 Å². The fourth-order valence-corrected chi connectivity index (χ4v) is 3.57. The molecule has 1 amide bonds. The van der Waals surface area contributed by atoms with E-state index in [2.05, 4.69) is 19.2 Å². The van der Waals surface area contributed by atoms with Crippen LogP contribution in [0.2, 0.25) is 0 Å². The van der Waals surface area contributed by atoms with E-state index in [1.807, 2.05) is 24.0 Å². The highest BCUT2D eigenvalue weighted by atomic mass is 16.5. The van der Waals surface area contributed by atoms with Gasteiger partial charge in [-0.2, -0.15) is 0 Å².